The van der Waals surface area contributed by atoms with Crippen LogP contribution in [-0.4, -0.2) is 24.1 Å². The SMILES string of the molecule is CNCc1cnc(N(C)Cc2ccc(F)cc2)cn1. The van der Waals surface area contributed by atoms with E-state index in [0.29, 0.717) is 13.1 Å². The first-order valence-electron chi connectivity index (χ1n) is 6.10. The lowest BCUT2D eigenvalue weighted by molar-refractivity contribution is 0.627. The van der Waals surface area contributed by atoms with Gasteiger partial charge in [-0.3, -0.25) is 4.98 Å². The van der Waals surface area contributed by atoms with Crippen LogP contribution in [0.15, 0.2) is 36.7 Å². The van der Waals surface area contributed by atoms with E-state index in [4.69, 9.17) is 0 Å². The van der Waals surface area contributed by atoms with E-state index in [0.717, 1.165) is 17.1 Å². The van der Waals surface area contributed by atoms with Crippen LogP contribution in [0.5, 0.6) is 0 Å². The molecule has 4 nitrogen and oxygen atoms in total. The molecule has 0 saturated carbocycles. The Morgan fingerprint density at radius 2 is 1.89 bits per heavy atom. The molecule has 1 heterocycles. The number of hydrogen-bond donors (Lipinski definition) is 1. The van der Waals surface area contributed by atoms with E-state index in [9.17, 15) is 4.39 Å². The Morgan fingerprint density at radius 1 is 1.16 bits per heavy atom. The zero-order valence-corrected chi connectivity index (χ0v) is 11.1. The van der Waals surface area contributed by atoms with Crippen LogP contribution >= 0.6 is 0 Å². The normalized spacial score (nSPS) is 10.5. The number of anilines is 1. The maximum absolute atomic E-state index is 12.8. The second-order valence-electron chi connectivity index (χ2n) is 4.38. The molecule has 0 unspecified atom stereocenters. The van der Waals surface area contributed by atoms with Gasteiger partial charge in [0.05, 0.1) is 18.1 Å². The summed E-state index contributed by atoms with van der Waals surface area (Å²) in [5.74, 6) is 0.576. The Labute approximate surface area is 112 Å². The van der Waals surface area contributed by atoms with Gasteiger partial charge in [0, 0.05) is 20.1 Å². The van der Waals surface area contributed by atoms with Crippen molar-refractivity contribution in [1.29, 1.82) is 0 Å². The first-order chi connectivity index (χ1) is 9.19. The smallest absolute Gasteiger partial charge is 0.147 e. The number of rotatable bonds is 5. The Bertz CT molecular complexity index is 510. The average molecular weight is 260 g/mol. The summed E-state index contributed by atoms with van der Waals surface area (Å²) in [5, 5.41) is 3.03. The molecule has 5 heteroatoms. The van der Waals surface area contributed by atoms with Crippen molar-refractivity contribution in [1.82, 2.24) is 15.3 Å². The molecule has 0 aliphatic rings. The fraction of sp³-hybridized carbons (Fsp3) is 0.286. The molecule has 0 saturated heterocycles. The first kappa shape index (κ1) is 13.4. The van der Waals surface area contributed by atoms with E-state index in [-0.39, 0.29) is 5.82 Å². The molecule has 0 radical (unpaired) electrons. The number of hydrogen-bond acceptors (Lipinski definition) is 4. The van der Waals surface area contributed by atoms with E-state index in [1.165, 1.54) is 12.1 Å². The van der Waals surface area contributed by atoms with Crippen LogP contribution in [0.2, 0.25) is 0 Å². The van der Waals surface area contributed by atoms with Crippen molar-refractivity contribution in [2.24, 2.45) is 0 Å². The molecule has 0 aliphatic heterocycles. The van der Waals surface area contributed by atoms with Crippen molar-refractivity contribution in [2.75, 3.05) is 19.0 Å². The number of halogens is 1. The van der Waals surface area contributed by atoms with Crippen LogP contribution in [0.25, 0.3) is 0 Å². The molecular formula is C14H17FN4. The molecule has 1 aromatic carbocycles. The Kier molecular flexibility index (Phi) is 4.41. The fourth-order valence-electron chi connectivity index (χ4n) is 1.76. The summed E-state index contributed by atoms with van der Waals surface area (Å²) in [7, 11) is 3.81. The topological polar surface area (TPSA) is 41.1 Å². The van der Waals surface area contributed by atoms with E-state index in [1.807, 2.05) is 19.0 Å². The highest BCUT2D eigenvalue weighted by Crippen LogP contribution is 2.12. The van der Waals surface area contributed by atoms with Crippen molar-refractivity contribution in [2.45, 2.75) is 13.1 Å². The molecule has 0 spiro atoms. The summed E-state index contributed by atoms with van der Waals surface area (Å²) >= 11 is 0. The van der Waals surface area contributed by atoms with Gasteiger partial charge in [0.2, 0.25) is 0 Å². The van der Waals surface area contributed by atoms with Crippen LogP contribution in [0.1, 0.15) is 11.3 Å². The maximum Gasteiger partial charge on any atom is 0.147 e. The Balaban J connectivity index is 2.02. The molecular weight excluding hydrogens is 243 g/mol. The molecule has 1 aromatic heterocycles. The highest BCUT2D eigenvalue weighted by atomic mass is 19.1. The molecule has 0 aliphatic carbocycles. The molecule has 0 amide bonds. The van der Waals surface area contributed by atoms with Crippen LogP contribution in [0.4, 0.5) is 10.2 Å². The minimum Gasteiger partial charge on any atom is -0.354 e. The molecule has 19 heavy (non-hydrogen) atoms. The lowest BCUT2D eigenvalue weighted by Crippen LogP contribution is -2.18. The van der Waals surface area contributed by atoms with E-state index >= 15 is 0 Å². The number of nitrogens with zero attached hydrogens (tertiary/aromatic N) is 3. The second kappa shape index (κ2) is 6.24. The first-order valence-corrected chi connectivity index (χ1v) is 6.10. The summed E-state index contributed by atoms with van der Waals surface area (Å²) in [6.45, 7) is 1.37. The van der Waals surface area contributed by atoms with Crippen molar-refractivity contribution < 1.29 is 4.39 Å². The summed E-state index contributed by atoms with van der Waals surface area (Å²) in [4.78, 5) is 10.7. The summed E-state index contributed by atoms with van der Waals surface area (Å²) in [6, 6.07) is 6.47. The van der Waals surface area contributed by atoms with E-state index < -0.39 is 0 Å². The van der Waals surface area contributed by atoms with Crippen LogP contribution < -0.4 is 10.2 Å². The van der Waals surface area contributed by atoms with E-state index in [2.05, 4.69) is 15.3 Å². The zero-order valence-electron chi connectivity index (χ0n) is 11.1. The molecule has 1 N–H and O–H groups in total. The predicted octanol–water partition coefficient (Wildman–Crippen LogP) is 1.97. The van der Waals surface area contributed by atoms with Gasteiger partial charge in [-0.2, -0.15) is 0 Å². The largest absolute Gasteiger partial charge is 0.354 e. The number of benzene rings is 1. The predicted molar refractivity (Wildman–Crippen MR) is 73.3 cm³/mol. The standard InChI is InChI=1S/C14H17FN4/c1-16-7-13-8-18-14(9-17-13)19(2)10-11-3-5-12(15)6-4-11/h3-6,8-9,16H,7,10H2,1-2H3. The van der Waals surface area contributed by atoms with Gasteiger partial charge in [0.15, 0.2) is 0 Å². The highest BCUT2D eigenvalue weighted by molar-refractivity contribution is 5.36. The van der Waals surface area contributed by atoms with Crippen molar-refractivity contribution in [3.05, 3.63) is 53.7 Å². The number of nitrogens with one attached hydrogen (secondary N) is 1. The summed E-state index contributed by atoms with van der Waals surface area (Å²) in [6.07, 6.45) is 3.50. The maximum atomic E-state index is 12.8. The van der Waals surface area contributed by atoms with Crippen molar-refractivity contribution >= 4 is 5.82 Å². The average Bonchev–Trinajstić information content (AvgIpc) is 2.42. The van der Waals surface area contributed by atoms with Crippen molar-refractivity contribution in [3.63, 3.8) is 0 Å². The highest BCUT2D eigenvalue weighted by Gasteiger charge is 2.04. The zero-order chi connectivity index (χ0) is 13.7. The minimum absolute atomic E-state index is 0.220. The number of aromatic nitrogens is 2. The Hall–Kier alpha value is -2.01. The summed E-state index contributed by atoms with van der Waals surface area (Å²) in [5.41, 5.74) is 1.94. The van der Waals surface area contributed by atoms with Crippen LogP contribution in [-0.2, 0) is 13.1 Å². The van der Waals surface area contributed by atoms with Gasteiger partial charge < -0.3 is 10.2 Å². The van der Waals surface area contributed by atoms with Crippen LogP contribution in [0, 0.1) is 5.82 Å². The lowest BCUT2D eigenvalue weighted by atomic mass is 10.2. The molecule has 2 aromatic rings. The van der Waals surface area contributed by atoms with Crippen LogP contribution in [0.3, 0.4) is 0 Å². The Morgan fingerprint density at radius 3 is 2.47 bits per heavy atom. The van der Waals surface area contributed by atoms with Gasteiger partial charge in [-0.05, 0) is 24.7 Å². The quantitative estimate of drug-likeness (QED) is 0.892. The third kappa shape index (κ3) is 3.72. The van der Waals surface area contributed by atoms with Gasteiger partial charge in [-0.25, -0.2) is 9.37 Å². The van der Waals surface area contributed by atoms with E-state index in [1.54, 1.807) is 24.5 Å². The van der Waals surface area contributed by atoms with Gasteiger partial charge in [-0.15, -0.1) is 0 Å². The third-order valence-corrected chi connectivity index (χ3v) is 2.77. The van der Waals surface area contributed by atoms with Crippen molar-refractivity contribution in [3.8, 4) is 0 Å². The third-order valence-electron chi connectivity index (χ3n) is 2.77. The van der Waals surface area contributed by atoms with Gasteiger partial charge in [0.25, 0.3) is 0 Å². The van der Waals surface area contributed by atoms with Gasteiger partial charge in [-0.1, -0.05) is 12.1 Å². The summed E-state index contributed by atoms with van der Waals surface area (Å²) < 4.78 is 12.8. The molecule has 0 bridgehead atoms. The molecule has 2 rings (SSSR count). The van der Waals surface area contributed by atoms with Gasteiger partial charge in [0.1, 0.15) is 11.6 Å². The minimum atomic E-state index is -0.220. The monoisotopic (exact) mass is 260 g/mol. The van der Waals surface area contributed by atoms with Gasteiger partial charge >= 0.3 is 0 Å². The fourth-order valence-corrected chi connectivity index (χ4v) is 1.76. The molecule has 100 valence electrons. The lowest BCUT2D eigenvalue weighted by Gasteiger charge is -2.18. The molecule has 0 fully saturated rings. The molecule has 0 atom stereocenters. The second-order valence-corrected chi connectivity index (χ2v) is 4.38.